The highest BCUT2D eigenvalue weighted by Crippen LogP contribution is 2.41. The maximum atomic E-state index is 10.8. The van der Waals surface area contributed by atoms with Crippen LogP contribution in [0, 0.1) is 6.92 Å². The summed E-state index contributed by atoms with van der Waals surface area (Å²) in [6.07, 6.45) is 0.981. The summed E-state index contributed by atoms with van der Waals surface area (Å²) in [7, 11) is 1.57. The molecular formula is C21H18N4O4S. The molecule has 2 N–H and O–H groups in total. The third kappa shape index (κ3) is 3.17. The molecule has 1 unspecified atom stereocenters. The van der Waals surface area contributed by atoms with E-state index in [4.69, 9.17) is 19.6 Å². The number of hydrogen-bond donors (Lipinski definition) is 2. The van der Waals surface area contributed by atoms with Gasteiger partial charge in [0.15, 0.2) is 0 Å². The number of fused-ring (bicyclic) bond motifs is 4. The summed E-state index contributed by atoms with van der Waals surface area (Å²) in [6.45, 7) is 2.26. The van der Waals surface area contributed by atoms with Crippen LogP contribution in [0.2, 0.25) is 0 Å². The van der Waals surface area contributed by atoms with Crippen LogP contribution in [0.25, 0.3) is 31.8 Å². The molecule has 0 saturated carbocycles. The molecule has 1 atom stereocenters. The number of nitrogens with one attached hydrogen (secondary N) is 1. The number of methoxy groups -OCH3 is 1. The molecule has 1 aliphatic rings. The van der Waals surface area contributed by atoms with Gasteiger partial charge in [0.25, 0.3) is 0 Å². The number of aryl methyl sites for hydroxylation is 1. The lowest BCUT2D eigenvalue weighted by molar-refractivity contribution is 0.181. The molecule has 2 aromatic heterocycles. The molecule has 1 aliphatic heterocycles. The van der Waals surface area contributed by atoms with Gasteiger partial charge in [0, 0.05) is 17.5 Å². The molecule has 9 heteroatoms. The Bertz CT molecular complexity index is 1300. The summed E-state index contributed by atoms with van der Waals surface area (Å²) in [5.41, 5.74) is 5.48. The lowest BCUT2D eigenvalue weighted by Crippen LogP contribution is -2.33. The zero-order chi connectivity index (χ0) is 20.8. The van der Waals surface area contributed by atoms with Gasteiger partial charge in [-0.1, -0.05) is 0 Å². The molecule has 5 rings (SSSR count). The van der Waals surface area contributed by atoms with Crippen molar-refractivity contribution in [2.75, 3.05) is 13.7 Å². The minimum atomic E-state index is -1.05. The van der Waals surface area contributed by atoms with Crippen molar-refractivity contribution < 1.29 is 19.4 Å². The number of carboxylic acid groups (broad SMARTS) is 1. The number of nitrogens with zero attached hydrogens (tertiary/aromatic N) is 3. The van der Waals surface area contributed by atoms with Crippen molar-refractivity contribution in [1.29, 1.82) is 0 Å². The van der Waals surface area contributed by atoms with E-state index in [0.717, 1.165) is 48.7 Å². The second kappa shape index (κ2) is 7.10. The fourth-order valence-corrected chi connectivity index (χ4v) is 4.85. The minimum Gasteiger partial charge on any atom is -0.488 e. The maximum absolute atomic E-state index is 10.8. The molecular weight excluding hydrogens is 404 g/mol. The van der Waals surface area contributed by atoms with E-state index in [0.29, 0.717) is 12.3 Å². The summed E-state index contributed by atoms with van der Waals surface area (Å²) in [6, 6.07) is 7.89. The van der Waals surface area contributed by atoms with Crippen molar-refractivity contribution in [2.45, 2.75) is 19.4 Å². The van der Waals surface area contributed by atoms with Crippen molar-refractivity contribution in [3.8, 4) is 22.2 Å². The van der Waals surface area contributed by atoms with E-state index < -0.39 is 6.09 Å². The normalized spacial score (nSPS) is 15.2. The van der Waals surface area contributed by atoms with Gasteiger partial charge in [-0.25, -0.2) is 19.7 Å². The fourth-order valence-electron chi connectivity index (χ4n) is 3.72. The third-order valence-electron chi connectivity index (χ3n) is 5.03. The first-order valence-electron chi connectivity index (χ1n) is 9.39. The molecule has 3 heterocycles. The second-order valence-corrected chi connectivity index (χ2v) is 8.13. The van der Waals surface area contributed by atoms with Crippen LogP contribution in [-0.2, 0) is 6.42 Å². The van der Waals surface area contributed by atoms with E-state index in [9.17, 15) is 4.79 Å². The third-order valence-corrected chi connectivity index (χ3v) is 6.20. The Morgan fingerprint density at radius 2 is 2.20 bits per heavy atom. The predicted octanol–water partition coefficient (Wildman–Crippen LogP) is 3.79. The van der Waals surface area contributed by atoms with Crippen molar-refractivity contribution >= 4 is 38.7 Å². The van der Waals surface area contributed by atoms with E-state index in [2.05, 4.69) is 21.4 Å². The Labute approximate surface area is 175 Å². The molecule has 1 amide bonds. The van der Waals surface area contributed by atoms with Crippen molar-refractivity contribution in [3.63, 3.8) is 0 Å². The van der Waals surface area contributed by atoms with Gasteiger partial charge in [-0.15, -0.1) is 11.3 Å². The van der Waals surface area contributed by atoms with E-state index >= 15 is 0 Å². The predicted molar refractivity (Wildman–Crippen MR) is 114 cm³/mol. The van der Waals surface area contributed by atoms with Crippen LogP contribution in [0.4, 0.5) is 4.79 Å². The highest BCUT2D eigenvalue weighted by atomic mass is 32.1. The van der Waals surface area contributed by atoms with Crippen LogP contribution in [0.1, 0.15) is 11.1 Å². The zero-order valence-corrected chi connectivity index (χ0v) is 17.1. The first-order valence-corrected chi connectivity index (χ1v) is 10.2. The summed E-state index contributed by atoms with van der Waals surface area (Å²) >= 11 is 1.59. The van der Waals surface area contributed by atoms with Gasteiger partial charge in [0.05, 0.1) is 41.1 Å². The number of aromatic nitrogens is 3. The van der Waals surface area contributed by atoms with Gasteiger partial charge in [-0.05, 0) is 36.8 Å². The number of thiazole rings is 1. The Hall–Kier alpha value is -3.46. The molecule has 0 bridgehead atoms. The van der Waals surface area contributed by atoms with Crippen molar-refractivity contribution in [1.82, 2.24) is 20.3 Å². The molecule has 8 nitrogen and oxygen atoms in total. The summed E-state index contributed by atoms with van der Waals surface area (Å²) < 4.78 is 12.2. The van der Waals surface area contributed by atoms with Crippen LogP contribution < -0.4 is 14.8 Å². The maximum Gasteiger partial charge on any atom is 0.404 e. The number of benzene rings is 2. The average Bonchev–Trinajstić information content (AvgIpc) is 3.34. The zero-order valence-electron chi connectivity index (χ0n) is 16.3. The molecule has 4 aromatic rings. The van der Waals surface area contributed by atoms with E-state index in [1.165, 1.54) is 0 Å². The standard InChI is InChI=1S/C21H18N4O4S/c1-10-5-13(18-15(6-10)24-17(28-2)9-22-18)20-25-14-3-4-16-12(19(14)30-20)7-11(29-16)8-23-21(26)27/h3-6,9,11,23H,7-8H2,1-2H3,(H,26,27). The number of amides is 1. The number of hydrogen-bond acceptors (Lipinski definition) is 7. The Kier molecular flexibility index (Phi) is 4.39. The van der Waals surface area contributed by atoms with Crippen LogP contribution in [-0.4, -0.2) is 45.9 Å². The van der Waals surface area contributed by atoms with Crippen LogP contribution >= 0.6 is 11.3 Å². The minimum absolute atomic E-state index is 0.217. The van der Waals surface area contributed by atoms with Gasteiger partial charge >= 0.3 is 6.09 Å². The van der Waals surface area contributed by atoms with Gasteiger partial charge in [0.2, 0.25) is 5.88 Å². The van der Waals surface area contributed by atoms with E-state index in [1.807, 2.05) is 25.1 Å². The van der Waals surface area contributed by atoms with Crippen LogP contribution in [0.3, 0.4) is 0 Å². The van der Waals surface area contributed by atoms with Crippen LogP contribution in [0.15, 0.2) is 30.5 Å². The molecule has 2 aromatic carbocycles. The lowest BCUT2D eigenvalue weighted by atomic mass is 10.1. The summed E-state index contributed by atoms with van der Waals surface area (Å²) in [5, 5.41) is 12.1. The second-order valence-electron chi connectivity index (χ2n) is 7.13. The monoisotopic (exact) mass is 422 g/mol. The van der Waals surface area contributed by atoms with Gasteiger partial charge in [-0.2, -0.15) is 0 Å². The molecule has 0 spiro atoms. The number of ether oxygens (including phenoxy) is 2. The van der Waals surface area contributed by atoms with E-state index in [1.54, 1.807) is 24.6 Å². The van der Waals surface area contributed by atoms with Gasteiger partial charge < -0.3 is 19.9 Å². The quantitative estimate of drug-likeness (QED) is 0.515. The highest BCUT2D eigenvalue weighted by molar-refractivity contribution is 7.22. The van der Waals surface area contributed by atoms with Crippen molar-refractivity contribution in [2.24, 2.45) is 0 Å². The molecule has 0 radical (unpaired) electrons. The van der Waals surface area contributed by atoms with Gasteiger partial charge in [0.1, 0.15) is 16.9 Å². The van der Waals surface area contributed by atoms with E-state index in [-0.39, 0.29) is 12.6 Å². The summed E-state index contributed by atoms with van der Waals surface area (Å²) in [5.74, 6) is 1.26. The molecule has 0 fully saturated rings. The fraction of sp³-hybridized carbons (Fsp3) is 0.238. The van der Waals surface area contributed by atoms with Crippen LogP contribution in [0.5, 0.6) is 11.6 Å². The first kappa shape index (κ1) is 18.6. The van der Waals surface area contributed by atoms with Gasteiger partial charge in [-0.3, -0.25) is 0 Å². The SMILES string of the molecule is COc1cnc2c(-c3nc4ccc5c(c4s3)CC(CNC(=O)O)O5)cc(C)cc2n1. The number of rotatable bonds is 4. The number of carbonyl (C=O) groups is 1. The highest BCUT2D eigenvalue weighted by Gasteiger charge is 2.27. The molecule has 0 saturated heterocycles. The first-order chi connectivity index (χ1) is 14.5. The Morgan fingerprint density at radius 3 is 3.00 bits per heavy atom. The molecule has 30 heavy (non-hydrogen) atoms. The molecule has 152 valence electrons. The topological polar surface area (TPSA) is 106 Å². The largest absolute Gasteiger partial charge is 0.488 e. The summed E-state index contributed by atoms with van der Waals surface area (Å²) in [4.78, 5) is 24.7. The molecule has 0 aliphatic carbocycles. The Morgan fingerprint density at radius 1 is 1.33 bits per heavy atom. The smallest absolute Gasteiger partial charge is 0.404 e. The van der Waals surface area contributed by atoms with Crippen molar-refractivity contribution in [3.05, 3.63) is 41.6 Å². The average molecular weight is 422 g/mol. The Balaban J connectivity index is 1.58. The lowest BCUT2D eigenvalue weighted by Gasteiger charge is -2.09.